The highest BCUT2D eigenvalue weighted by Crippen LogP contribution is 2.28. The molecule has 2 N–H and O–H groups in total. The fraction of sp³-hybridized carbons (Fsp3) is 0.182. The van der Waals surface area contributed by atoms with Crippen molar-refractivity contribution in [2.24, 2.45) is 0 Å². The maximum Gasteiger partial charge on any atom is 0.433 e. The molecule has 21 heavy (non-hydrogen) atoms. The number of pyridine rings is 1. The lowest BCUT2D eigenvalue weighted by molar-refractivity contribution is -0.103. The van der Waals surface area contributed by atoms with Crippen LogP contribution in [-0.4, -0.2) is 23.2 Å². The smallest absolute Gasteiger partial charge is 0.308 e. The minimum Gasteiger partial charge on any atom is -0.308 e. The molecule has 0 saturated carbocycles. The van der Waals surface area contributed by atoms with Crippen LogP contribution in [0.2, 0.25) is 0 Å². The Balaban J connectivity index is 3.21. The maximum absolute atomic E-state index is 13.3. The van der Waals surface area contributed by atoms with Gasteiger partial charge in [-0.1, -0.05) is 0 Å². The number of nitrogens with zero attached hydrogens (tertiary/aromatic N) is 1. The van der Waals surface area contributed by atoms with Gasteiger partial charge in [-0.05, 0) is 0 Å². The third-order valence-corrected chi connectivity index (χ3v) is 2.36. The molecule has 114 valence electrons. The summed E-state index contributed by atoms with van der Waals surface area (Å²) in [7, 11) is 0. The van der Waals surface area contributed by atoms with Gasteiger partial charge in [-0.15, -0.1) is 4.48 Å². The number of Topliss-reactive ketones (excluding diaryl/α,β-unsaturated/α-hetero) is 1. The van der Waals surface area contributed by atoms with Crippen LogP contribution >= 0.6 is 0 Å². The van der Waals surface area contributed by atoms with Gasteiger partial charge in [-0.2, -0.15) is 13.2 Å². The van der Waals surface area contributed by atoms with E-state index in [0.29, 0.717) is 17.9 Å². The van der Waals surface area contributed by atoms with Crippen molar-refractivity contribution in [1.29, 1.82) is 5.41 Å². The Kier molecular flexibility index (Phi) is 5.06. The van der Waals surface area contributed by atoms with Crippen molar-refractivity contribution in [2.75, 3.05) is 0 Å². The van der Waals surface area contributed by atoms with Gasteiger partial charge in [0.15, 0.2) is 23.1 Å². The second-order valence-corrected chi connectivity index (χ2v) is 3.71. The summed E-state index contributed by atoms with van der Waals surface area (Å²) in [5.41, 5.74) is -3.87. The zero-order valence-corrected chi connectivity index (χ0v) is 10.1. The first-order chi connectivity index (χ1) is 9.72. The largest absolute Gasteiger partial charge is 0.433 e. The molecule has 0 spiro atoms. The van der Waals surface area contributed by atoms with Crippen LogP contribution in [0.25, 0.3) is 0 Å². The summed E-state index contributed by atoms with van der Waals surface area (Å²) in [5.74, 6) is -4.12. The van der Waals surface area contributed by atoms with E-state index in [1.54, 1.807) is 0 Å². The average molecular weight is 311 g/mol. The number of hydrogen-bond donors (Lipinski definition) is 2. The normalized spacial score (nSPS) is 12.7. The van der Waals surface area contributed by atoms with Crippen molar-refractivity contribution in [3.63, 3.8) is 0 Å². The lowest BCUT2D eigenvalue weighted by Crippen LogP contribution is -2.24. The molecule has 0 fully saturated rings. The third-order valence-electron chi connectivity index (χ3n) is 2.36. The van der Waals surface area contributed by atoms with Crippen LogP contribution in [0.5, 0.6) is 0 Å². The molecule has 0 atom stereocenters. The minimum atomic E-state index is -5.20. The van der Waals surface area contributed by atoms with E-state index < -0.39 is 46.8 Å². The Hall–Kier alpha value is -2.39. The molecule has 10 heteroatoms. The number of ketones is 1. The van der Waals surface area contributed by atoms with Gasteiger partial charge in [0.05, 0.1) is 18.0 Å². The molecular formula is C11H7F6N3O. The highest BCUT2D eigenvalue weighted by atomic mass is 19.4. The topological polar surface area (TPSA) is 65.8 Å². The molecular weight excluding hydrogens is 304 g/mol. The molecule has 1 heterocycles. The Labute approximate surface area is 113 Å². The van der Waals surface area contributed by atoms with Crippen molar-refractivity contribution < 1.29 is 31.2 Å². The molecule has 1 aromatic heterocycles. The minimum absolute atomic E-state index is 0.0737. The SMILES string of the molecule is N=C/C(CC(=O)c1c(F)cncc1F)=C(\NF)C(F)(F)F. The van der Waals surface area contributed by atoms with Crippen LogP contribution in [0.15, 0.2) is 23.7 Å². The Morgan fingerprint density at radius 2 is 1.81 bits per heavy atom. The van der Waals surface area contributed by atoms with Crippen LogP contribution in [0.1, 0.15) is 16.8 Å². The van der Waals surface area contributed by atoms with Crippen LogP contribution in [0, 0.1) is 17.0 Å². The van der Waals surface area contributed by atoms with Crippen LogP contribution in [0.4, 0.5) is 26.4 Å². The second-order valence-electron chi connectivity index (χ2n) is 3.71. The van der Waals surface area contributed by atoms with Crippen molar-refractivity contribution in [2.45, 2.75) is 12.6 Å². The number of halogens is 6. The molecule has 0 unspecified atom stereocenters. The summed E-state index contributed by atoms with van der Waals surface area (Å²) in [5, 5.41) is 6.80. The standard InChI is InChI=1S/C11H7F6N3O/c12-6-3-19-4-7(13)9(6)8(21)1-5(2-18)10(20-17)11(14,15)16/h2-4,18,20H,1H2/b10-5-,18-2?. The first-order valence-corrected chi connectivity index (χ1v) is 5.22. The molecule has 0 aliphatic heterocycles. The van der Waals surface area contributed by atoms with Crippen LogP contribution in [0.3, 0.4) is 0 Å². The van der Waals surface area contributed by atoms with E-state index in [4.69, 9.17) is 5.41 Å². The molecule has 0 saturated heterocycles. The number of rotatable bonds is 5. The first-order valence-electron chi connectivity index (χ1n) is 5.22. The lowest BCUT2D eigenvalue weighted by Gasteiger charge is -2.12. The molecule has 0 bridgehead atoms. The van der Waals surface area contributed by atoms with E-state index in [1.807, 2.05) is 0 Å². The van der Waals surface area contributed by atoms with Gasteiger partial charge in [-0.25, -0.2) is 14.3 Å². The summed E-state index contributed by atoms with van der Waals surface area (Å²) < 4.78 is 76.0. The maximum atomic E-state index is 13.3. The quantitative estimate of drug-likeness (QED) is 0.380. The second kappa shape index (κ2) is 6.37. The average Bonchev–Trinajstić information content (AvgIpc) is 2.36. The van der Waals surface area contributed by atoms with Gasteiger partial charge in [-0.3, -0.25) is 9.78 Å². The third kappa shape index (κ3) is 3.80. The van der Waals surface area contributed by atoms with E-state index in [0.717, 1.165) is 0 Å². The molecule has 1 rings (SSSR count). The number of allylic oxidation sites excluding steroid dienone is 2. The number of nitrogens with one attached hydrogen (secondary N) is 2. The fourth-order valence-electron chi connectivity index (χ4n) is 1.45. The fourth-order valence-corrected chi connectivity index (χ4v) is 1.45. The van der Waals surface area contributed by atoms with Gasteiger partial charge in [0.1, 0.15) is 0 Å². The number of aromatic nitrogens is 1. The van der Waals surface area contributed by atoms with Gasteiger partial charge < -0.3 is 5.41 Å². The highest BCUT2D eigenvalue weighted by molar-refractivity contribution is 6.01. The zero-order valence-electron chi connectivity index (χ0n) is 10.1. The van der Waals surface area contributed by atoms with Gasteiger partial charge in [0.25, 0.3) is 0 Å². The number of alkyl halides is 3. The van der Waals surface area contributed by atoms with E-state index in [2.05, 4.69) is 4.98 Å². The van der Waals surface area contributed by atoms with E-state index in [9.17, 15) is 31.2 Å². The number of hydrogen-bond acceptors (Lipinski definition) is 4. The van der Waals surface area contributed by atoms with E-state index >= 15 is 0 Å². The number of carbonyl (C=O) groups is 1. The summed E-state index contributed by atoms with van der Waals surface area (Å²) >= 11 is 0. The van der Waals surface area contributed by atoms with Crippen LogP contribution in [-0.2, 0) is 0 Å². The summed E-state index contributed by atoms with van der Waals surface area (Å²) in [6, 6.07) is 0. The van der Waals surface area contributed by atoms with Crippen molar-refractivity contribution in [1.82, 2.24) is 10.5 Å². The first kappa shape index (κ1) is 16.7. The van der Waals surface area contributed by atoms with Crippen molar-refractivity contribution in [3.8, 4) is 0 Å². The predicted octanol–water partition coefficient (Wildman–Crippen LogP) is 2.87. The van der Waals surface area contributed by atoms with E-state index in [1.165, 1.54) is 0 Å². The van der Waals surface area contributed by atoms with Gasteiger partial charge >= 0.3 is 6.18 Å². The molecule has 0 aliphatic rings. The zero-order chi connectivity index (χ0) is 16.2. The summed E-state index contributed by atoms with van der Waals surface area (Å²) in [6.45, 7) is 0. The van der Waals surface area contributed by atoms with E-state index in [-0.39, 0.29) is 6.21 Å². The molecule has 0 amide bonds. The molecule has 0 aliphatic carbocycles. The summed E-state index contributed by atoms with van der Waals surface area (Å²) in [4.78, 5) is 14.7. The van der Waals surface area contributed by atoms with Gasteiger partial charge in [0, 0.05) is 18.2 Å². The Bertz CT molecular complexity index is 576. The van der Waals surface area contributed by atoms with Crippen molar-refractivity contribution >= 4 is 12.0 Å². The molecule has 1 aromatic rings. The Morgan fingerprint density at radius 3 is 2.19 bits per heavy atom. The lowest BCUT2D eigenvalue weighted by atomic mass is 10.0. The molecule has 0 radical (unpaired) electrons. The number of carbonyl (C=O) groups excluding carboxylic acids is 1. The molecule has 0 aromatic carbocycles. The van der Waals surface area contributed by atoms with Gasteiger partial charge in [0.2, 0.25) is 0 Å². The highest BCUT2D eigenvalue weighted by Gasteiger charge is 2.37. The summed E-state index contributed by atoms with van der Waals surface area (Å²) in [6.07, 6.45) is -5.33. The predicted molar refractivity (Wildman–Crippen MR) is 59.2 cm³/mol. The Morgan fingerprint density at radius 1 is 1.29 bits per heavy atom. The van der Waals surface area contributed by atoms with Crippen LogP contribution < -0.4 is 5.54 Å². The molecule has 4 nitrogen and oxygen atoms in total. The monoisotopic (exact) mass is 311 g/mol. The van der Waals surface area contributed by atoms with Crippen molar-refractivity contribution in [3.05, 3.63) is 40.9 Å².